The molecule has 6 rings (SSSR count). The minimum atomic E-state index is 0.271. The lowest BCUT2D eigenvalue weighted by Crippen LogP contribution is -2.23. The lowest BCUT2D eigenvalue weighted by atomic mass is 10.1. The Kier molecular flexibility index (Phi) is 5.28. The average molecular weight is 439 g/mol. The van der Waals surface area contributed by atoms with Gasteiger partial charge in [-0.25, -0.2) is 0 Å². The molecule has 1 fully saturated rings. The van der Waals surface area contributed by atoms with Gasteiger partial charge >= 0.3 is 0 Å². The summed E-state index contributed by atoms with van der Waals surface area (Å²) in [5.41, 5.74) is 5.64. The van der Waals surface area contributed by atoms with E-state index in [9.17, 15) is 0 Å². The van der Waals surface area contributed by atoms with Crippen molar-refractivity contribution in [1.82, 2.24) is 19.7 Å². The zero-order chi connectivity index (χ0) is 22.0. The summed E-state index contributed by atoms with van der Waals surface area (Å²) in [5.74, 6) is 1.57. The van der Waals surface area contributed by atoms with E-state index < -0.39 is 0 Å². The van der Waals surface area contributed by atoms with Crippen molar-refractivity contribution in [2.75, 3.05) is 13.3 Å². The van der Waals surface area contributed by atoms with Gasteiger partial charge in [-0.1, -0.05) is 36.4 Å². The fourth-order valence-corrected chi connectivity index (χ4v) is 4.86. The molecule has 4 heterocycles. The van der Waals surface area contributed by atoms with Crippen molar-refractivity contribution in [3.8, 4) is 22.8 Å². The van der Waals surface area contributed by atoms with Crippen LogP contribution in [0.5, 0.6) is 11.5 Å². The van der Waals surface area contributed by atoms with Crippen LogP contribution in [0.25, 0.3) is 11.3 Å². The zero-order valence-electron chi connectivity index (χ0n) is 18.4. The summed E-state index contributed by atoms with van der Waals surface area (Å²) < 4.78 is 13.2. The van der Waals surface area contributed by atoms with E-state index in [-0.39, 0.29) is 6.79 Å². The normalized spacial score (nSPS) is 17.5. The number of benzene rings is 2. The van der Waals surface area contributed by atoms with Gasteiger partial charge in [0.15, 0.2) is 11.5 Å². The van der Waals surface area contributed by atoms with Gasteiger partial charge in [-0.2, -0.15) is 5.10 Å². The first-order valence-corrected chi connectivity index (χ1v) is 11.5. The summed E-state index contributed by atoms with van der Waals surface area (Å²) >= 11 is 0. The lowest BCUT2D eigenvalue weighted by molar-refractivity contribution is 0.174. The van der Waals surface area contributed by atoms with Crippen molar-refractivity contribution in [3.63, 3.8) is 0 Å². The molecule has 0 saturated carbocycles. The molecule has 0 unspecified atom stereocenters. The van der Waals surface area contributed by atoms with Crippen LogP contribution in [0, 0.1) is 0 Å². The molecule has 0 spiro atoms. The summed E-state index contributed by atoms with van der Waals surface area (Å²) in [4.78, 5) is 7.17. The summed E-state index contributed by atoms with van der Waals surface area (Å²) in [5, 5.41) is 5.02. The molecule has 166 valence electrons. The molecular weight excluding hydrogens is 412 g/mol. The quantitative estimate of drug-likeness (QED) is 0.421. The van der Waals surface area contributed by atoms with E-state index >= 15 is 0 Å². The average Bonchev–Trinajstić information content (AvgIpc) is 3.60. The van der Waals surface area contributed by atoms with Crippen LogP contribution in [0.3, 0.4) is 0 Å². The molecule has 0 aliphatic carbocycles. The molecule has 6 heteroatoms. The molecule has 33 heavy (non-hydrogen) atoms. The van der Waals surface area contributed by atoms with Gasteiger partial charge in [-0.3, -0.25) is 14.6 Å². The number of rotatable bonds is 6. The Balaban J connectivity index is 1.34. The van der Waals surface area contributed by atoms with E-state index in [2.05, 4.69) is 63.2 Å². The Bertz CT molecular complexity index is 1240. The van der Waals surface area contributed by atoms with Crippen molar-refractivity contribution < 1.29 is 9.47 Å². The maximum atomic E-state index is 5.64. The van der Waals surface area contributed by atoms with Gasteiger partial charge in [0, 0.05) is 30.1 Å². The number of pyridine rings is 1. The maximum absolute atomic E-state index is 5.64. The van der Waals surface area contributed by atoms with Crippen molar-refractivity contribution in [1.29, 1.82) is 0 Å². The highest BCUT2D eigenvalue weighted by Gasteiger charge is 2.28. The maximum Gasteiger partial charge on any atom is 0.231 e. The molecule has 2 aliphatic heterocycles. The number of aromatic nitrogens is 3. The van der Waals surface area contributed by atoms with Gasteiger partial charge < -0.3 is 9.47 Å². The fraction of sp³-hybridized carbons (Fsp3) is 0.259. The van der Waals surface area contributed by atoms with Crippen LogP contribution in [0.2, 0.25) is 0 Å². The first-order chi connectivity index (χ1) is 16.3. The third-order valence-electron chi connectivity index (χ3n) is 6.44. The van der Waals surface area contributed by atoms with Gasteiger partial charge in [0.2, 0.25) is 6.79 Å². The van der Waals surface area contributed by atoms with Gasteiger partial charge in [0.1, 0.15) is 0 Å². The predicted octanol–water partition coefficient (Wildman–Crippen LogP) is 5.06. The highest BCUT2D eigenvalue weighted by molar-refractivity contribution is 5.67. The molecule has 0 N–H and O–H groups in total. The second-order valence-corrected chi connectivity index (χ2v) is 8.64. The topological polar surface area (TPSA) is 52.4 Å². The molecule has 2 aromatic carbocycles. The van der Waals surface area contributed by atoms with E-state index in [0.717, 1.165) is 54.5 Å². The van der Waals surface area contributed by atoms with Crippen LogP contribution in [0.1, 0.15) is 35.7 Å². The Hall–Kier alpha value is -3.64. The summed E-state index contributed by atoms with van der Waals surface area (Å²) in [6.45, 7) is 2.90. The molecule has 4 aromatic rings. The van der Waals surface area contributed by atoms with Gasteiger partial charge in [-0.05, 0) is 55.3 Å². The first kappa shape index (κ1) is 20.0. The van der Waals surface area contributed by atoms with Crippen LogP contribution in [0.15, 0.2) is 79.1 Å². The van der Waals surface area contributed by atoms with E-state index in [1.165, 1.54) is 17.5 Å². The van der Waals surface area contributed by atoms with Gasteiger partial charge in [0.25, 0.3) is 0 Å². The van der Waals surface area contributed by atoms with Crippen molar-refractivity contribution >= 4 is 0 Å². The fourth-order valence-electron chi connectivity index (χ4n) is 4.86. The zero-order valence-corrected chi connectivity index (χ0v) is 18.4. The Labute approximate surface area is 193 Å². The number of ether oxygens (including phenoxy) is 2. The number of hydrogen-bond donors (Lipinski definition) is 0. The summed E-state index contributed by atoms with van der Waals surface area (Å²) in [7, 11) is 0. The molecule has 0 bridgehead atoms. The second-order valence-electron chi connectivity index (χ2n) is 8.64. The predicted molar refractivity (Wildman–Crippen MR) is 126 cm³/mol. The monoisotopic (exact) mass is 438 g/mol. The first-order valence-electron chi connectivity index (χ1n) is 11.5. The minimum absolute atomic E-state index is 0.271. The van der Waals surface area contributed by atoms with Crippen molar-refractivity contribution in [2.24, 2.45) is 0 Å². The third kappa shape index (κ3) is 4.10. The Morgan fingerprint density at radius 1 is 0.909 bits per heavy atom. The van der Waals surface area contributed by atoms with Crippen LogP contribution in [-0.2, 0) is 13.1 Å². The summed E-state index contributed by atoms with van der Waals surface area (Å²) in [6.07, 6.45) is 6.40. The number of fused-ring (bicyclic) bond motifs is 1. The smallest absolute Gasteiger partial charge is 0.231 e. The van der Waals surface area contributed by atoms with Crippen LogP contribution in [0.4, 0.5) is 0 Å². The Morgan fingerprint density at radius 3 is 2.67 bits per heavy atom. The SMILES string of the molecule is c1ccc(Cn2cc(CN3CCC[C@@H]3c3ccccn3)c(-c3ccc4c(c3)OCO4)n2)cc1. The number of nitrogens with zero attached hydrogens (tertiary/aromatic N) is 4. The van der Waals surface area contributed by atoms with E-state index in [1.807, 2.05) is 30.5 Å². The molecule has 6 nitrogen and oxygen atoms in total. The number of hydrogen-bond acceptors (Lipinski definition) is 5. The lowest BCUT2D eigenvalue weighted by Gasteiger charge is -2.24. The molecule has 1 saturated heterocycles. The largest absolute Gasteiger partial charge is 0.454 e. The van der Waals surface area contributed by atoms with Gasteiger partial charge in [-0.15, -0.1) is 0 Å². The van der Waals surface area contributed by atoms with Gasteiger partial charge in [0.05, 0.1) is 24.0 Å². The molecular formula is C27H26N4O2. The molecule has 0 radical (unpaired) electrons. The highest BCUT2D eigenvalue weighted by atomic mass is 16.7. The highest BCUT2D eigenvalue weighted by Crippen LogP contribution is 2.38. The minimum Gasteiger partial charge on any atom is -0.454 e. The van der Waals surface area contributed by atoms with Crippen LogP contribution in [-0.4, -0.2) is 33.0 Å². The van der Waals surface area contributed by atoms with Crippen molar-refractivity contribution in [2.45, 2.75) is 32.0 Å². The van der Waals surface area contributed by atoms with Crippen LogP contribution < -0.4 is 9.47 Å². The standard InChI is InChI=1S/C27H26N4O2/c1-2-7-20(8-3-1)16-31-18-22(17-30-14-6-10-24(30)23-9-4-5-13-28-23)27(29-31)21-11-12-25-26(15-21)33-19-32-25/h1-5,7-9,11-13,15,18,24H,6,10,14,16-17,19H2/t24-/m1/s1. The Morgan fingerprint density at radius 2 is 1.79 bits per heavy atom. The van der Waals surface area contributed by atoms with Crippen LogP contribution >= 0.6 is 0 Å². The van der Waals surface area contributed by atoms with Crippen molar-refractivity contribution in [3.05, 3.63) is 95.9 Å². The summed E-state index contributed by atoms with van der Waals surface area (Å²) in [6, 6.07) is 23.1. The second kappa shape index (κ2) is 8.71. The molecule has 0 amide bonds. The van der Waals surface area contributed by atoms with E-state index in [4.69, 9.17) is 14.6 Å². The third-order valence-corrected chi connectivity index (χ3v) is 6.44. The van der Waals surface area contributed by atoms with E-state index in [0.29, 0.717) is 6.04 Å². The van der Waals surface area contributed by atoms with E-state index in [1.54, 1.807) is 0 Å². The number of likely N-dealkylation sites (tertiary alicyclic amines) is 1. The molecule has 2 aromatic heterocycles. The molecule has 2 aliphatic rings. The molecule has 1 atom stereocenters.